The minimum atomic E-state index is -0.999. The zero-order chi connectivity index (χ0) is 13.5. The first-order valence-electron chi connectivity index (χ1n) is 5.79. The molecule has 1 amide bonds. The molecule has 0 saturated carbocycles. The lowest BCUT2D eigenvalue weighted by Crippen LogP contribution is -2.41. The van der Waals surface area contributed by atoms with Crippen LogP contribution in [0.3, 0.4) is 0 Å². The van der Waals surface area contributed by atoms with Gasteiger partial charge in [-0.15, -0.1) is 0 Å². The van der Waals surface area contributed by atoms with E-state index in [2.05, 4.69) is 5.32 Å². The van der Waals surface area contributed by atoms with E-state index in [9.17, 15) is 9.59 Å². The highest BCUT2D eigenvalue weighted by molar-refractivity contribution is 6.30. The third kappa shape index (κ3) is 4.75. The van der Waals surface area contributed by atoms with Crippen LogP contribution in [-0.4, -0.2) is 23.0 Å². The standard InChI is InChI=1S/C13H16ClNO3/c1-2-3-11(13(17)18)15-12(16)8-9-4-6-10(14)7-5-9/h4-7,11H,2-3,8H2,1H3,(H,15,16)(H,17,18)/t11-/m0/s1. The van der Waals surface area contributed by atoms with Gasteiger partial charge in [0.05, 0.1) is 6.42 Å². The molecule has 1 aromatic carbocycles. The van der Waals surface area contributed by atoms with E-state index in [1.807, 2.05) is 6.92 Å². The Morgan fingerprint density at radius 1 is 1.33 bits per heavy atom. The summed E-state index contributed by atoms with van der Waals surface area (Å²) in [6.45, 7) is 1.88. The molecule has 4 nitrogen and oxygen atoms in total. The molecule has 1 aromatic rings. The van der Waals surface area contributed by atoms with Gasteiger partial charge in [-0.3, -0.25) is 4.79 Å². The maximum atomic E-state index is 11.7. The Balaban J connectivity index is 2.54. The predicted molar refractivity (Wildman–Crippen MR) is 69.6 cm³/mol. The molecule has 0 aliphatic rings. The van der Waals surface area contributed by atoms with Crippen molar-refractivity contribution in [2.45, 2.75) is 32.2 Å². The highest BCUT2D eigenvalue weighted by atomic mass is 35.5. The number of hydrogen-bond acceptors (Lipinski definition) is 2. The smallest absolute Gasteiger partial charge is 0.326 e. The molecule has 0 spiro atoms. The van der Waals surface area contributed by atoms with Gasteiger partial charge in [-0.1, -0.05) is 37.1 Å². The quantitative estimate of drug-likeness (QED) is 0.832. The number of carboxylic acids is 1. The number of nitrogens with one attached hydrogen (secondary N) is 1. The van der Waals surface area contributed by atoms with Crippen LogP contribution in [0.4, 0.5) is 0 Å². The molecule has 1 atom stereocenters. The highest BCUT2D eigenvalue weighted by Crippen LogP contribution is 2.10. The van der Waals surface area contributed by atoms with E-state index in [4.69, 9.17) is 16.7 Å². The maximum Gasteiger partial charge on any atom is 0.326 e. The Morgan fingerprint density at radius 2 is 1.94 bits per heavy atom. The summed E-state index contributed by atoms with van der Waals surface area (Å²) in [4.78, 5) is 22.6. The molecule has 0 aliphatic heterocycles. The van der Waals surface area contributed by atoms with Crippen LogP contribution in [-0.2, 0) is 16.0 Å². The molecular formula is C13H16ClNO3. The number of hydrogen-bond donors (Lipinski definition) is 2. The number of carbonyl (C=O) groups excluding carboxylic acids is 1. The van der Waals surface area contributed by atoms with Crippen molar-refractivity contribution in [2.24, 2.45) is 0 Å². The molecule has 5 heteroatoms. The first-order chi connectivity index (χ1) is 8.52. The second-order valence-corrected chi connectivity index (χ2v) is 4.49. The molecule has 0 fully saturated rings. The number of benzene rings is 1. The van der Waals surface area contributed by atoms with Gasteiger partial charge in [-0.05, 0) is 24.1 Å². The second kappa shape index (κ2) is 7.01. The molecule has 0 aromatic heterocycles. The van der Waals surface area contributed by atoms with E-state index in [0.29, 0.717) is 17.9 Å². The fraction of sp³-hybridized carbons (Fsp3) is 0.385. The molecule has 1 rings (SSSR count). The summed E-state index contributed by atoms with van der Waals surface area (Å²) in [6, 6.07) is 6.08. The van der Waals surface area contributed by atoms with Crippen molar-refractivity contribution >= 4 is 23.5 Å². The number of carboxylic acid groups (broad SMARTS) is 1. The highest BCUT2D eigenvalue weighted by Gasteiger charge is 2.18. The molecule has 2 N–H and O–H groups in total. The summed E-state index contributed by atoms with van der Waals surface area (Å²) in [5, 5.41) is 12.0. The van der Waals surface area contributed by atoms with Crippen LogP contribution in [0.15, 0.2) is 24.3 Å². The van der Waals surface area contributed by atoms with Gasteiger partial charge < -0.3 is 10.4 Å². The number of carbonyl (C=O) groups is 2. The number of halogens is 1. The maximum absolute atomic E-state index is 11.7. The predicted octanol–water partition coefficient (Wildman–Crippen LogP) is 2.25. The van der Waals surface area contributed by atoms with Crippen LogP contribution in [0, 0.1) is 0 Å². The zero-order valence-electron chi connectivity index (χ0n) is 10.1. The minimum Gasteiger partial charge on any atom is -0.480 e. The number of aliphatic carboxylic acids is 1. The van der Waals surface area contributed by atoms with Crippen molar-refractivity contribution in [1.82, 2.24) is 5.32 Å². The van der Waals surface area contributed by atoms with Gasteiger partial charge in [0.15, 0.2) is 0 Å². The van der Waals surface area contributed by atoms with Crippen LogP contribution >= 0.6 is 11.6 Å². The van der Waals surface area contributed by atoms with E-state index < -0.39 is 12.0 Å². The topological polar surface area (TPSA) is 66.4 Å². The van der Waals surface area contributed by atoms with Crippen molar-refractivity contribution in [2.75, 3.05) is 0 Å². The molecule has 0 bridgehead atoms. The lowest BCUT2D eigenvalue weighted by Gasteiger charge is -2.13. The molecule has 0 radical (unpaired) electrons. The van der Waals surface area contributed by atoms with Gasteiger partial charge in [0.2, 0.25) is 5.91 Å². The second-order valence-electron chi connectivity index (χ2n) is 4.05. The average Bonchev–Trinajstić information content (AvgIpc) is 2.31. The van der Waals surface area contributed by atoms with E-state index >= 15 is 0 Å². The third-order valence-electron chi connectivity index (χ3n) is 2.49. The van der Waals surface area contributed by atoms with Crippen LogP contribution in [0.2, 0.25) is 5.02 Å². The third-order valence-corrected chi connectivity index (χ3v) is 2.74. The van der Waals surface area contributed by atoms with E-state index in [-0.39, 0.29) is 12.3 Å². The fourth-order valence-electron chi connectivity index (χ4n) is 1.58. The number of amides is 1. The molecule has 98 valence electrons. The summed E-state index contributed by atoms with van der Waals surface area (Å²) in [5.41, 5.74) is 0.803. The lowest BCUT2D eigenvalue weighted by atomic mass is 10.1. The van der Waals surface area contributed by atoms with Crippen molar-refractivity contribution in [3.05, 3.63) is 34.9 Å². The van der Waals surface area contributed by atoms with Crippen molar-refractivity contribution in [1.29, 1.82) is 0 Å². The lowest BCUT2D eigenvalue weighted by molar-refractivity contribution is -0.141. The van der Waals surface area contributed by atoms with Gasteiger partial charge in [0.1, 0.15) is 6.04 Å². The van der Waals surface area contributed by atoms with Gasteiger partial charge in [-0.25, -0.2) is 4.79 Å². The Hall–Kier alpha value is -1.55. The minimum absolute atomic E-state index is 0.157. The van der Waals surface area contributed by atoms with Crippen molar-refractivity contribution < 1.29 is 14.7 Å². The van der Waals surface area contributed by atoms with Crippen LogP contribution in [0.1, 0.15) is 25.3 Å². The number of rotatable bonds is 6. The van der Waals surface area contributed by atoms with E-state index in [1.165, 1.54) is 0 Å². The molecule has 0 saturated heterocycles. The monoisotopic (exact) mass is 269 g/mol. The molecular weight excluding hydrogens is 254 g/mol. The van der Waals surface area contributed by atoms with Gasteiger partial charge >= 0.3 is 5.97 Å². The molecule has 0 heterocycles. The first-order valence-corrected chi connectivity index (χ1v) is 6.17. The van der Waals surface area contributed by atoms with Gasteiger partial charge in [0, 0.05) is 5.02 Å². The zero-order valence-corrected chi connectivity index (χ0v) is 10.9. The SMILES string of the molecule is CCC[C@H](NC(=O)Cc1ccc(Cl)cc1)C(=O)O. The van der Waals surface area contributed by atoms with Gasteiger partial charge in [-0.2, -0.15) is 0 Å². The summed E-state index contributed by atoms with van der Waals surface area (Å²) in [5.74, 6) is -1.29. The summed E-state index contributed by atoms with van der Waals surface area (Å²) < 4.78 is 0. The molecule has 0 aliphatic carbocycles. The van der Waals surface area contributed by atoms with Crippen molar-refractivity contribution in [3.8, 4) is 0 Å². The average molecular weight is 270 g/mol. The van der Waals surface area contributed by atoms with Crippen molar-refractivity contribution in [3.63, 3.8) is 0 Å². The molecule has 0 unspecified atom stereocenters. The Morgan fingerprint density at radius 3 is 2.44 bits per heavy atom. The van der Waals surface area contributed by atoms with Crippen LogP contribution in [0.5, 0.6) is 0 Å². The fourth-order valence-corrected chi connectivity index (χ4v) is 1.71. The summed E-state index contributed by atoms with van der Waals surface area (Å²) in [7, 11) is 0. The Labute approximate surface area is 111 Å². The van der Waals surface area contributed by atoms with Gasteiger partial charge in [0.25, 0.3) is 0 Å². The largest absolute Gasteiger partial charge is 0.480 e. The van der Waals surface area contributed by atoms with Crippen LogP contribution in [0.25, 0.3) is 0 Å². The van der Waals surface area contributed by atoms with E-state index in [0.717, 1.165) is 5.56 Å². The molecule has 18 heavy (non-hydrogen) atoms. The Bertz CT molecular complexity index is 417. The van der Waals surface area contributed by atoms with Crippen LogP contribution < -0.4 is 5.32 Å². The normalized spacial score (nSPS) is 11.9. The Kier molecular flexibility index (Phi) is 5.65. The summed E-state index contributed by atoms with van der Waals surface area (Å²) in [6.07, 6.45) is 1.30. The summed E-state index contributed by atoms with van der Waals surface area (Å²) >= 11 is 5.74. The first kappa shape index (κ1) is 14.5. The van der Waals surface area contributed by atoms with E-state index in [1.54, 1.807) is 24.3 Å².